The zero-order valence-corrected chi connectivity index (χ0v) is 11.3. The average molecular weight is 256 g/mol. The highest BCUT2D eigenvalue weighted by atomic mass is 32.2. The summed E-state index contributed by atoms with van der Waals surface area (Å²) in [6, 6.07) is 8.38. The van der Waals surface area contributed by atoms with Gasteiger partial charge >= 0.3 is 0 Å². The highest BCUT2D eigenvalue weighted by Crippen LogP contribution is 2.42. The summed E-state index contributed by atoms with van der Waals surface area (Å²) in [4.78, 5) is 14.9. The third-order valence-electron chi connectivity index (χ3n) is 3.57. The predicted octanol–water partition coefficient (Wildman–Crippen LogP) is 4.14. The number of hydrogen-bond acceptors (Lipinski definition) is 2. The normalized spacial score (nSPS) is 21.8. The van der Waals surface area contributed by atoms with Crippen molar-refractivity contribution >= 4 is 17.5 Å². The highest BCUT2D eigenvalue weighted by molar-refractivity contribution is 8.03. The van der Waals surface area contributed by atoms with Crippen LogP contribution in [0.1, 0.15) is 25.3 Å². The fraction of sp³-hybridized carbons (Fsp3) is 0.312. The van der Waals surface area contributed by atoms with Crippen molar-refractivity contribution in [2.45, 2.75) is 31.1 Å². The summed E-state index contributed by atoms with van der Waals surface area (Å²) in [6.45, 7) is 2.13. The van der Waals surface area contributed by atoms with Crippen LogP contribution in [0.2, 0.25) is 0 Å². The number of fused-ring (bicyclic) bond motifs is 1. The number of Topliss-reactive ketones (excluding diaryl/α,β-unsaturated/α-hetero) is 1. The van der Waals surface area contributed by atoms with E-state index in [2.05, 4.69) is 43.3 Å². The molecule has 3 rings (SSSR count). The lowest BCUT2D eigenvalue weighted by Crippen LogP contribution is -2.21. The largest absolute Gasteiger partial charge is 0.294 e. The number of ketones is 1. The Balaban J connectivity index is 1.93. The van der Waals surface area contributed by atoms with Crippen LogP contribution in [0.5, 0.6) is 0 Å². The molecule has 0 radical (unpaired) electrons. The molecule has 0 spiro atoms. The van der Waals surface area contributed by atoms with Crippen LogP contribution in [0.15, 0.2) is 51.8 Å². The van der Waals surface area contributed by atoms with E-state index in [0.717, 1.165) is 29.7 Å². The van der Waals surface area contributed by atoms with Gasteiger partial charge in [-0.2, -0.15) is 0 Å². The predicted molar refractivity (Wildman–Crippen MR) is 75.6 cm³/mol. The second kappa shape index (κ2) is 4.77. The fourth-order valence-corrected chi connectivity index (χ4v) is 3.70. The van der Waals surface area contributed by atoms with Crippen molar-refractivity contribution in [1.82, 2.24) is 0 Å². The maximum Gasteiger partial charge on any atom is 0.167 e. The second-order valence-corrected chi connectivity index (χ2v) is 5.93. The van der Waals surface area contributed by atoms with Gasteiger partial charge in [0.1, 0.15) is 0 Å². The van der Waals surface area contributed by atoms with Gasteiger partial charge in [0, 0.05) is 27.7 Å². The molecule has 0 saturated heterocycles. The summed E-state index contributed by atoms with van der Waals surface area (Å²) in [5.41, 5.74) is 2.32. The topological polar surface area (TPSA) is 17.1 Å². The first kappa shape index (κ1) is 11.8. The third-order valence-corrected chi connectivity index (χ3v) is 4.79. The van der Waals surface area contributed by atoms with Gasteiger partial charge in [-0.1, -0.05) is 55.5 Å². The molecule has 1 aliphatic heterocycles. The Morgan fingerprint density at radius 2 is 2.17 bits per heavy atom. The summed E-state index contributed by atoms with van der Waals surface area (Å²) in [6.07, 6.45) is 7.08. The van der Waals surface area contributed by atoms with Crippen molar-refractivity contribution in [1.29, 1.82) is 0 Å². The number of carbonyl (C=O) groups is 1. The second-order valence-electron chi connectivity index (χ2n) is 4.85. The monoisotopic (exact) mass is 256 g/mol. The van der Waals surface area contributed by atoms with E-state index in [1.165, 1.54) is 10.5 Å². The summed E-state index contributed by atoms with van der Waals surface area (Å²) in [5, 5.41) is 0. The van der Waals surface area contributed by atoms with Crippen molar-refractivity contribution < 1.29 is 4.79 Å². The van der Waals surface area contributed by atoms with Crippen molar-refractivity contribution in [3.63, 3.8) is 0 Å². The minimum atomic E-state index is 0.111. The number of allylic oxidation sites excluding steroid dienone is 3. The Labute approximate surface area is 112 Å². The molecule has 1 unspecified atom stereocenters. The number of carbonyl (C=O) groups excluding carboxylic acids is 1. The SMILES string of the molecule is CCCC1C=CC2=C(Cc3ccccc3S2)C1=O. The molecule has 1 atom stereocenters. The Bertz CT molecular complexity index is 554. The molecule has 1 aromatic carbocycles. The van der Waals surface area contributed by atoms with Gasteiger partial charge in [0.15, 0.2) is 5.78 Å². The maximum atomic E-state index is 12.4. The molecular formula is C16H16OS. The van der Waals surface area contributed by atoms with Gasteiger partial charge in [-0.05, 0) is 18.1 Å². The van der Waals surface area contributed by atoms with Crippen molar-refractivity contribution in [2.24, 2.45) is 5.92 Å². The first-order valence-electron chi connectivity index (χ1n) is 6.51. The van der Waals surface area contributed by atoms with Crippen LogP contribution in [0, 0.1) is 5.92 Å². The molecule has 2 heteroatoms. The fourth-order valence-electron chi connectivity index (χ4n) is 2.60. The lowest BCUT2D eigenvalue weighted by Gasteiger charge is -2.25. The van der Waals surface area contributed by atoms with E-state index in [-0.39, 0.29) is 5.92 Å². The molecule has 0 amide bonds. The molecule has 1 aromatic rings. The van der Waals surface area contributed by atoms with E-state index in [0.29, 0.717) is 5.78 Å². The van der Waals surface area contributed by atoms with Crippen molar-refractivity contribution in [2.75, 3.05) is 0 Å². The van der Waals surface area contributed by atoms with E-state index < -0.39 is 0 Å². The maximum absolute atomic E-state index is 12.4. The number of thioether (sulfide) groups is 1. The standard InChI is InChI=1S/C16H16OS/c1-2-5-11-8-9-15-13(16(11)17)10-12-6-3-4-7-14(12)18-15/h3-4,6-9,11H,2,5,10H2,1H3. The van der Waals surface area contributed by atoms with Gasteiger partial charge in [0.25, 0.3) is 0 Å². The van der Waals surface area contributed by atoms with E-state index in [1.54, 1.807) is 11.8 Å². The van der Waals surface area contributed by atoms with Crippen LogP contribution in [0.3, 0.4) is 0 Å². The Morgan fingerprint density at radius 3 is 3.00 bits per heavy atom. The van der Waals surface area contributed by atoms with Crippen LogP contribution in [0.25, 0.3) is 0 Å². The van der Waals surface area contributed by atoms with Gasteiger partial charge in [-0.25, -0.2) is 0 Å². The Morgan fingerprint density at radius 1 is 1.33 bits per heavy atom. The lowest BCUT2D eigenvalue weighted by molar-refractivity contribution is -0.118. The number of hydrogen-bond donors (Lipinski definition) is 0. The quantitative estimate of drug-likeness (QED) is 0.791. The molecule has 1 heterocycles. The minimum absolute atomic E-state index is 0.111. The lowest BCUT2D eigenvalue weighted by atomic mass is 9.86. The van der Waals surface area contributed by atoms with Crippen molar-refractivity contribution in [3.8, 4) is 0 Å². The molecule has 18 heavy (non-hydrogen) atoms. The number of benzene rings is 1. The summed E-state index contributed by atoms with van der Waals surface area (Å²) in [7, 11) is 0. The molecule has 0 aromatic heterocycles. The third kappa shape index (κ3) is 1.95. The molecule has 2 aliphatic rings. The molecule has 1 aliphatic carbocycles. The van der Waals surface area contributed by atoms with Crippen LogP contribution >= 0.6 is 11.8 Å². The van der Waals surface area contributed by atoms with E-state index in [4.69, 9.17) is 0 Å². The van der Waals surface area contributed by atoms with Gasteiger partial charge in [0.2, 0.25) is 0 Å². The van der Waals surface area contributed by atoms with Gasteiger partial charge in [0.05, 0.1) is 0 Å². The molecule has 0 fully saturated rings. The minimum Gasteiger partial charge on any atom is -0.294 e. The highest BCUT2D eigenvalue weighted by Gasteiger charge is 2.29. The van der Waals surface area contributed by atoms with E-state index in [1.807, 2.05) is 0 Å². The zero-order valence-electron chi connectivity index (χ0n) is 10.5. The first-order chi connectivity index (χ1) is 8.79. The van der Waals surface area contributed by atoms with Crippen molar-refractivity contribution in [3.05, 3.63) is 52.5 Å². The number of rotatable bonds is 2. The first-order valence-corrected chi connectivity index (χ1v) is 7.32. The molecule has 0 saturated carbocycles. The van der Waals surface area contributed by atoms with Gasteiger partial charge in [-0.15, -0.1) is 0 Å². The Kier molecular flexibility index (Phi) is 3.13. The van der Waals surface area contributed by atoms with Gasteiger partial charge < -0.3 is 0 Å². The van der Waals surface area contributed by atoms with E-state index in [9.17, 15) is 4.79 Å². The van der Waals surface area contributed by atoms with Gasteiger partial charge in [-0.3, -0.25) is 4.79 Å². The van der Waals surface area contributed by atoms with Crippen LogP contribution in [-0.4, -0.2) is 5.78 Å². The molecular weight excluding hydrogens is 240 g/mol. The zero-order chi connectivity index (χ0) is 12.5. The van der Waals surface area contributed by atoms with Crippen LogP contribution < -0.4 is 0 Å². The van der Waals surface area contributed by atoms with Crippen LogP contribution in [-0.2, 0) is 11.2 Å². The Hall–Kier alpha value is -1.28. The summed E-state index contributed by atoms with van der Waals surface area (Å²) >= 11 is 1.74. The summed E-state index contributed by atoms with van der Waals surface area (Å²) < 4.78 is 0. The molecule has 1 nitrogen and oxygen atoms in total. The smallest absolute Gasteiger partial charge is 0.167 e. The average Bonchev–Trinajstić information content (AvgIpc) is 2.41. The van der Waals surface area contributed by atoms with E-state index >= 15 is 0 Å². The summed E-state index contributed by atoms with van der Waals surface area (Å²) in [5.74, 6) is 0.455. The van der Waals surface area contributed by atoms with Crippen LogP contribution in [0.4, 0.5) is 0 Å². The molecule has 92 valence electrons. The molecule has 0 bridgehead atoms. The molecule has 0 N–H and O–H groups in total.